The standard InChI is InChI=1S/C91H126F3N23O18S/c1-10-12-28-71-83(129)106-63(27-19-31-100-90(97)98)80(126)112-70(79(125)103-44-75(96)121)47-136-48-76(122)105-66(35-52-21-18-22-56(34-52)91(92,93)94)86(132)114(7)51(5)77(123)108-68(40-74(95)120)88(134)117-32-20-30-72(117)84(130)107-64(39-57-43-99-49-104-57)81(127)109-65(33-50(3)4)85(131)113(6)45-58(119)37-53(36-54-41-101-61-25-16-14-23-59(54)61)78(124)111-69(46-118)82(128)110-67(38-55-42-102-62-26-17-15-24-60(55)62)87(133)116(9)73(29-13-11-2)89(135)115(71)8/h14-18,21-26,34,41-43,49-51,53,63-73,101-102,118H,10-13,19-20,27-33,35-40,44-48H2,1-9H3,(H2,95,120)(H2,96,121)(H,99,104)(H,103,125)(H,105,122)(H,106,129)(H,107,130)(H,108,123)(H,109,127)(H,110,128)(H,111,124)(H,112,126)(H4,97,98,100)/t51-,53+,63-,64-,65-,66-,67-,68-,69-,70-,71-,72-,73-/m0/s1. The van der Waals surface area contributed by atoms with E-state index >= 15 is 24.0 Å². The number of halogens is 3. The predicted octanol–water partition coefficient (Wildman–Crippen LogP) is -0.0284. The molecule has 740 valence electrons. The number of para-hydroxylation sites is 2. The fourth-order valence-corrected chi connectivity index (χ4v) is 17.2. The lowest BCUT2D eigenvalue weighted by Crippen LogP contribution is -2.61. The van der Waals surface area contributed by atoms with Crippen LogP contribution in [-0.4, -0.2) is 301 Å². The Morgan fingerprint density at radius 1 is 0.588 bits per heavy atom. The number of nitrogens with two attached hydrogens (primary N) is 3. The maximum absolute atomic E-state index is 15.7. The molecule has 6 aromatic rings. The smallest absolute Gasteiger partial charge is 0.394 e. The number of aliphatic hydroxyl groups excluding tert-OH is 1. The molecule has 0 bridgehead atoms. The molecule has 45 heteroatoms. The summed E-state index contributed by atoms with van der Waals surface area (Å²) >= 11 is 0.654. The maximum atomic E-state index is 15.7. The number of ketones is 1. The first-order valence-electron chi connectivity index (χ1n) is 45.2. The highest BCUT2D eigenvalue weighted by molar-refractivity contribution is 8.00. The zero-order valence-corrected chi connectivity index (χ0v) is 78.5. The van der Waals surface area contributed by atoms with Crippen molar-refractivity contribution in [1.82, 2.24) is 97.6 Å². The Balaban J connectivity index is 1.20. The Kier molecular flexibility index (Phi) is 40.7. The summed E-state index contributed by atoms with van der Waals surface area (Å²) in [4.78, 5) is 267. The van der Waals surface area contributed by atoms with Crippen LogP contribution in [0.25, 0.3) is 21.8 Å². The van der Waals surface area contributed by atoms with Crippen molar-refractivity contribution in [1.29, 1.82) is 5.41 Å². The van der Waals surface area contributed by atoms with Crippen LogP contribution in [0.1, 0.15) is 146 Å². The van der Waals surface area contributed by atoms with Crippen molar-refractivity contribution < 1.29 is 99.8 Å². The molecular weight excluding hydrogens is 1790 g/mol. The number of primary amides is 2. The molecule has 0 radical (unpaired) electrons. The second-order valence-corrected chi connectivity index (χ2v) is 35.7. The third-order valence-corrected chi connectivity index (χ3v) is 24.9. The van der Waals surface area contributed by atoms with Gasteiger partial charge in [0, 0.05) is 125 Å². The van der Waals surface area contributed by atoms with Gasteiger partial charge in [-0.2, -0.15) is 13.2 Å². The van der Waals surface area contributed by atoms with E-state index in [0.717, 1.165) is 49.7 Å². The first-order valence-corrected chi connectivity index (χ1v) is 46.3. The summed E-state index contributed by atoms with van der Waals surface area (Å²) in [5.41, 5.74) is 18.1. The minimum Gasteiger partial charge on any atom is -0.394 e. The first kappa shape index (κ1) is 108. The van der Waals surface area contributed by atoms with E-state index in [-0.39, 0.29) is 88.8 Å². The van der Waals surface area contributed by atoms with Gasteiger partial charge in [-0.1, -0.05) is 108 Å². The molecule has 41 nitrogen and oxygen atoms in total. The molecule has 16 amide bonds. The Labute approximate surface area is 788 Å². The van der Waals surface area contributed by atoms with E-state index in [4.69, 9.17) is 22.6 Å². The maximum Gasteiger partial charge on any atom is 0.416 e. The summed E-state index contributed by atoms with van der Waals surface area (Å²) < 4.78 is 42.9. The number of unbranched alkanes of at least 4 members (excludes halogenated alkanes) is 2. The van der Waals surface area contributed by atoms with Crippen molar-refractivity contribution in [2.45, 2.75) is 222 Å². The molecule has 5 heterocycles. The molecule has 136 heavy (non-hydrogen) atoms. The van der Waals surface area contributed by atoms with Crippen LogP contribution in [0.5, 0.6) is 0 Å². The summed E-state index contributed by atoms with van der Waals surface area (Å²) in [6.45, 7) is 5.61. The number of carbonyl (C=O) groups is 17. The molecule has 0 aliphatic carbocycles. The number of amides is 16. The summed E-state index contributed by atoms with van der Waals surface area (Å²) in [6, 6.07) is -1.31. The average Bonchev–Trinajstić information content (AvgIpc) is 1.45. The van der Waals surface area contributed by atoms with Gasteiger partial charge in [0.1, 0.15) is 72.5 Å². The van der Waals surface area contributed by atoms with E-state index in [2.05, 4.69) is 73.1 Å². The van der Waals surface area contributed by atoms with Gasteiger partial charge in [-0.15, -0.1) is 11.8 Å². The number of nitrogens with zero attached hydrogens (tertiary/aromatic N) is 6. The van der Waals surface area contributed by atoms with Gasteiger partial charge >= 0.3 is 6.18 Å². The van der Waals surface area contributed by atoms with Gasteiger partial charge in [0.2, 0.25) is 94.5 Å². The largest absolute Gasteiger partial charge is 0.416 e. The molecule has 2 aliphatic rings. The number of fused-ring (bicyclic) bond motifs is 3. The van der Waals surface area contributed by atoms with Gasteiger partial charge in [0.05, 0.1) is 43.8 Å². The number of Topliss-reactive ketones (excluding diaryl/α,β-unsaturated/α-hetero) is 1. The number of aromatic amines is 3. The number of H-pyrrole nitrogens is 3. The minimum atomic E-state index is -4.90. The predicted molar refractivity (Wildman–Crippen MR) is 496 cm³/mol. The Hall–Kier alpha value is -13.5. The number of hydrogen-bond acceptors (Lipinski definition) is 21. The van der Waals surface area contributed by atoms with E-state index < -0.39 is 247 Å². The molecular formula is C91H126F3N23O18S. The molecule has 13 atom stereocenters. The number of aliphatic hydroxyl groups is 1. The average molecular weight is 1920 g/mol. The lowest BCUT2D eigenvalue weighted by Gasteiger charge is -2.36. The summed E-state index contributed by atoms with van der Waals surface area (Å²) in [7, 11) is 5.05. The van der Waals surface area contributed by atoms with Crippen molar-refractivity contribution in [3.63, 3.8) is 0 Å². The Morgan fingerprint density at radius 2 is 1.17 bits per heavy atom. The van der Waals surface area contributed by atoms with Crippen LogP contribution in [0.3, 0.4) is 0 Å². The fraction of sp³-hybridized carbons (Fsp3) is 0.527. The van der Waals surface area contributed by atoms with E-state index in [1.807, 2.05) is 13.8 Å². The van der Waals surface area contributed by atoms with Crippen molar-refractivity contribution in [3.8, 4) is 0 Å². The van der Waals surface area contributed by atoms with Crippen LogP contribution in [0.4, 0.5) is 13.2 Å². The summed E-state index contributed by atoms with van der Waals surface area (Å²) in [6.07, 6.45) is -0.544. The lowest BCUT2D eigenvalue weighted by molar-refractivity contribution is -0.149. The quantitative estimate of drug-likeness (QED) is 0.0193. The highest BCUT2D eigenvalue weighted by Crippen LogP contribution is 2.32. The van der Waals surface area contributed by atoms with E-state index in [1.54, 1.807) is 74.8 Å². The molecule has 0 spiro atoms. The normalized spacial score (nSPS) is 23.4. The van der Waals surface area contributed by atoms with Crippen LogP contribution in [0, 0.1) is 17.2 Å². The number of imidazole rings is 1. The molecule has 3 aromatic carbocycles. The van der Waals surface area contributed by atoms with Crippen LogP contribution >= 0.6 is 11.8 Å². The topological polar surface area (TPSA) is 609 Å². The zero-order valence-electron chi connectivity index (χ0n) is 77.6. The van der Waals surface area contributed by atoms with Crippen LogP contribution < -0.4 is 70.4 Å². The van der Waals surface area contributed by atoms with Crippen LogP contribution in [-0.2, 0) is 113 Å². The number of alkyl halides is 3. The molecule has 8 rings (SSSR count). The number of guanidine groups is 1. The van der Waals surface area contributed by atoms with Gasteiger partial charge < -0.3 is 115 Å². The molecule has 2 saturated heterocycles. The van der Waals surface area contributed by atoms with Crippen molar-refractivity contribution in [3.05, 3.63) is 126 Å². The van der Waals surface area contributed by atoms with Crippen molar-refractivity contribution in [2.75, 3.05) is 72.5 Å². The van der Waals surface area contributed by atoms with E-state index in [1.165, 1.54) is 46.7 Å². The number of rotatable bonds is 26. The SMILES string of the molecule is CCCC[C@H]1C(=O)N(C)[C@@H](CCCC)C(=O)N[C@@H](CCCNC(=N)N)C(=O)N[C@H](C(=O)NCC(N)=O)CSCC(=O)N[C@@H](Cc2cccc(C(F)(F)F)c2)C(=O)N(C)[C@@H](C)C(=O)N[C@@H](CC(N)=O)C(=O)N2CCC[C@H]2C(=O)N[C@@H](Cc2cnc[nH]2)C(=O)N[C@@H](CC(C)C)C(=O)N(C)CC(=O)C[C@@H](Cc2c[nH]c3ccccc23)C(=O)N[C@@H](CO)C(=O)N[C@@H](Cc2c[nH]c3ccccc23)C(=O)N1C. The van der Waals surface area contributed by atoms with Crippen LogP contribution in [0.2, 0.25) is 0 Å². The number of benzene rings is 3. The first-order chi connectivity index (χ1) is 64.5. The van der Waals surface area contributed by atoms with E-state index in [9.17, 15) is 75.8 Å². The highest BCUT2D eigenvalue weighted by Gasteiger charge is 2.45. The third kappa shape index (κ3) is 31.0. The number of likely N-dealkylation sites (N-methyl/N-ethyl adjacent to an activating group) is 4. The second kappa shape index (κ2) is 51.3. The van der Waals surface area contributed by atoms with Crippen LogP contribution in [0.15, 0.2) is 97.7 Å². The Bertz CT molecular complexity index is 5250. The fourth-order valence-electron chi connectivity index (χ4n) is 16.3. The summed E-state index contributed by atoms with van der Waals surface area (Å²) in [5.74, 6) is -19.7. The van der Waals surface area contributed by atoms with Gasteiger partial charge in [-0.25, -0.2) is 4.98 Å². The minimum absolute atomic E-state index is 0.00372. The number of hydrogen-bond donors (Lipinski definition) is 18. The number of carbonyl (C=O) groups excluding carboxylic acids is 17. The second-order valence-electron chi connectivity index (χ2n) is 34.7. The third-order valence-electron chi connectivity index (χ3n) is 23.8. The van der Waals surface area contributed by atoms with E-state index in [0.29, 0.717) is 76.1 Å². The van der Waals surface area contributed by atoms with Gasteiger partial charge in [-0.3, -0.25) is 86.9 Å². The van der Waals surface area contributed by atoms with Gasteiger partial charge in [-0.05, 0) is 99.1 Å². The zero-order chi connectivity index (χ0) is 99.9. The van der Waals surface area contributed by atoms with Gasteiger partial charge in [0.25, 0.3) is 0 Å². The monoisotopic (exact) mass is 1920 g/mol. The molecule has 0 saturated carbocycles. The molecule has 3 aromatic heterocycles. The van der Waals surface area contributed by atoms with Crippen molar-refractivity contribution in [2.24, 2.45) is 29.0 Å². The molecule has 2 aliphatic heterocycles. The lowest BCUT2D eigenvalue weighted by atomic mass is 9.92. The number of thioether (sulfide) groups is 1. The number of aromatic nitrogens is 4. The molecule has 2 fully saturated rings. The molecule has 0 unspecified atom stereocenters. The van der Waals surface area contributed by atoms with Gasteiger partial charge in [0.15, 0.2) is 11.7 Å². The summed E-state index contributed by atoms with van der Waals surface area (Å²) in [5, 5.41) is 46.2. The highest BCUT2D eigenvalue weighted by atomic mass is 32.2. The Morgan fingerprint density at radius 3 is 1.78 bits per heavy atom. The number of nitrogens with one attached hydrogen (secondary N) is 14. The molecule has 21 N–H and O–H groups in total. The van der Waals surface area contributed by atoms with Crippen molar-refractivity contribution >= 4 is 140 Å².